The number of carbonyl (C=O) groups is 3. The summed E-state index contributed by atoms with van der Waals surface area (Å²) in [5.74, 6) is -0.108. The zero-order chi connectivity index (χ0) is 23.8. The van der Waals surface area contributed by atoms with E-state index in [1.54, 1.807) is 60.4 Å². The van der Waals surface area contributed by atoms with Crippen LogP contribution >= 0.6 is 11.8 Å². The van der Waals surface area contributed by atoms with Crippen LogP contribution in [0, 0.1) is 0 Å². The fraction of sp³-hybridized carbons (Fsp3) is 0.333. The number of nitrogens with one attached hydrogen (secondary N) is 1. The summed E-state index contributed by atoms with van der Waals surface area (Å²) in [5.41, 5.74) is 1.62. The number of nitrogens with zero attached hydrogens (tertiary/aromatic N) is 2. The first kappa shape index (κ1) is 24.3. The highest BCUT2D eigenvalue weighted by atomic mass is 32.2. The van der Waals surface area contributed by atoms with Crippen molar-refractivity contribution in [1.29, 1.82) is 0 Å². The van der Waals surface area contributed by atoms with Gasteiger partial charge in [-0.3, -0.25) is 14.5 Å². The standard InChI is InChI=1S/C24H27N3O5S/c1-4-27-21(28)15-20(22(29)25-17-11-13-19(14-12-17)31-5-2)33-24(27)26-18-9-7-16(8-10-18)23(30)32-6-3/h7-14,20H,4-6,15H2,1-3H3,(H,25,29)/t20-/m1/s1. The quantitative estimate of drug-likeness (QED) is 0.581. The van der Waals surface area contributed by atoms with Crippen molar-refractivity contribution in [2.24, 2.45) is 4.99 Å². The van der Waals surface area contributed by atoms with Crippen molar-refractivity contribution in [2.75, 3.05) is 25.1 Å². The van der Waals surface area contributed by atoms with Gasteiger partial charge in [0, 0.05) is 18.7 Å². The normalized spacial score (nSPS) is 17.1. The number of amides is 2. The van der Waals surface area contributed by atoms with Crippen LogP contribution in [0.4, 0.5) is 11.4 Å². The SMILES string of the molecule is CCOC(=O)c1ccc(N=C2S[C@@H](C(=O)Nc3ccc(OCC)cc3)CC(=O)N2CC)cc1. The molecule has 8 nitrogen and oxygen atoms in total. The van der Waals surface area contributed by atoms with E-state index in [-0.39, 0.29) is 18.2 Å². The Hall–Kier alpha value is -3.33. The van der Waals surface area contributed by atoms with E-state index in [0.717, 1.165) is 5.75 Å². The van der Waals surface area contributed by atoms with E-state index >= 15 is 0 Å². The first-order valence-corrected chi connectivity index (χ1v) is 11.7. The number of rotatable bonds is 8. The van der Waals surface area contributed by atoms with Crippen LogP contribution in [0.3, 0.4) is 0 Å². The van der Waals surface area contributed by atoms with Gasteiger partial charge in [-0.25, -0.2) is 9.79 Å². The summed E-state index contributed by atoms with van der Waals surface area (Å²) in [4.78, 5) is 43.5. The predicted octanol–water partition coefficient (Wildman–Crippen LogP) is 4.24. The first-order valence-electron chi connectivity index (χ1n) is 10.8. The minimum atomic E-state index is -0.607. The monoisotopic (exact) mass is 469 g/mol. The fourth-order valence-corrected chi connectivity index (χ4v) is 4.34. The summed E-state index contributed by atoms with van der Waals surface area (Å²) in [6.07, 6.45) is 0.0855. The predicted molar refractivity (Wildman–Crippen MR) is 129 cm³/mol. The molecule has 0 aromatic heterocycles. The van der Waals surface area contributed by atoms with Crippen molar-refractivity contribution >= 4 is 46.1 Å². The lowest BCUT2D eigenvalue weighted by atomic mass is 10.2. The fourth-order valence-electron chi connectivity index (χ4n) is 3.17. The second kappa shape index (κ2) is 11.5. The van der Waals surface area contributed by atoms with Gasteiger partial charge in [0.25, 0.3) is 0 Å². The highest BCUT2D eigenvalue weighted by Gasteiger charge is 2.35. The minimum absolute atomic E-state index is 0.0855. The van der Waals surface area contributed by atoms with Crippen molar-refractivity contribution in [2.45, 2.75) is 32.4 Å². The van der Waals surface area contributed by atoms with E-state index in [2.05, 4.69) is 10.3 Å². The molecule has 2 amide bonds. The van der Waals surface area contributed by atoms with Gasteiger partial charge in [-0.05, 0) is 69.3 Å². The summed E-state index contributed by atoms with van der Waals surface area (Å²) in [7, 11) is 0. The van der Waals surface area contributed by atoms with Crippen molar-refractivity contribution in [1.82, 2.24) is 4.90 Å². The van der Waals surface area contributed by atoms with Crippen LogP contribution < -0.4 is 10.1 Å². The van der Waals surface area contributed by atoms with Gasteiger partial charge in [0.15, 0.2) is 5.17 Å². The largest absolute Gasteiger partial charge is 0.494 e. The molecule has 1 saturated heterocycles. The molecule has 2 aromatic rings. The first-order chi connectivity index (χ1) is 15.9. The van der Waals surface area contributed by atoms with Crippen LogP contribution in [0.1, 0.15) is 37.6 Å². The third kappa shape index (κ3) is 6.35. The molecule has 2 aromatic carbocycles. The number of hydrogen-bond donors (Lipinski definition) is 1. The number of hydrogen-bond acceptors (Lipinski definition) is 7. The molecule has 0 spiro atoms. The number of benzene rings is 2. The Morgan fingerprint density at radius 2 is 1.76 bits per heavy atom. The smallest absolute Gasteiger partial charge is 0.338 e. The van der Waals surface area contributed by atoms with E-state index in [1.165, 1.54) is 11.8 Å². The Labute approximate surface area is 197 Å². The molecular weight excluding hydrogens is 442 g/mol. The zero-order valence-corrected chi connectivity index (χ0v) is 19.7. The molecule has 1 aliphatic rings. The molecule has 0 aliphatic carbocycles. The topological polar surface area (TPSA) is 97.3 Å². The van der Waals surface area contributed by atoms with E-state index in [0.29, 0.717) is 41.9 Å². The Morgan fingerprint density at radius 3 is 2.36 bits per heavy atom. The number of thioether (sulfide) groups is 1. The second-order valence-corrected chi connectivity index (χ2v) is 8.23. The molecule has 9 heteroatoms. The van der Waals surface area contributed by atoms with Crippen molar-refractivity contribution < 1.29 is 23.9 Å². The number of carbonyl (C=O) groups excluding carboxylic acids is 3. The van der Waals surface area contributed by atoms with Gasteiger partial charge in [-0.15, -0.1) is 0 Å². The second-order valence-electron chi connectivity index (χ2n) is 7.06. The average molecular weight is 470 g/mol. The number of aliphatic imine (C=N–C) groups is 1. The average Bonchev–Trinajstić information content (AvgIpc) is 2.81. The van der Waals surface area contributed by atoms with Gasteiger partial charge in [0.05, 0.1) is 24.5 Å². The molecule has 1 N–H and O–H groups in total. The lowest BCUT2D eigenvalue weighted by Crippen LogP contribution is -2.45. The minimum Gasteiger partial charge on any atom is -0.494 e. The lowest BCUT2D eigenvalue weighted by molar-refractivity contribution is -0.129. The number of anilines is 1. The lowest BCUT2D eigenvalue weighted by Gasteiger charge is -2.30. The molecule has 1 aliphatic heterocycles. The summed E-state index contributed by atoms with van der Waals surface area (Å²) in [6.45, 7) is 6.82. The van der Waals surface area contributed by atoms with Gasteiger partial charge in [-0.2, -0.15) is 0 Å². The molecule has 0 saturated carbocycles. The summed E-state index contributed by atoms with van der Waals surface area (Å²) < 4.78 is 10.4. The van der Waals surface area contributed by atoms with Crippen molar-refractivity contribution in [3.8, 4) is 5.75 Å². The third-order valence-electron chi connectivity index (χ3n) is 4.78. The molecule has 0 radical (unpaired) electrons. The van der Waals surface area contributed by atoms with Crippen molar-refractivity contribution in [3.63, 3.8) is 0 Å². The zero-order valence-electron chi connectivity index (χ0n) is 18.9. The molecule has 33 heavy (non-hydrogen) atoms. The molecular formula is C24H27N3O5S. The highest BCUT2D eigenvalue weighted by Crippen LogP contribution is 2.30. The van der Waals surface area contributed by atoms with Crippen LogP contribution in [0.2, 0.25) is 0 Å². The Balaban J connectivity index is 1.74. The maximum Gasteiger partial charge on any atom is 0.338 e. The number of ether oxygens (including phenoxy) is 2. The van der Waals surface area contributed by atoms with Crippen LogP contribution in [0.15, 0.2) is 53.5 Å². The van der Waals surface area contributed by atoms with Crippen LogP contribution in [0.25, 0.3) is 0 Å². The maximum absolute atomic E-state index is 12.9. The van der Waals surface area contributed by atoms with Crippen molar-refractivity contribution in [3.05, 3.63) is 54.1 Å². The van der Waals surface area contributed by atoms with E-state index in [4.69, 9.17) is 9.47 Å². The van der Waals surface area contributed by atoms with Crippen LogP contribution in [-0.4, -0.2) is 52.9 Å². The van der Waals surface area contributed by atoms with Gasteiger partial charge in [-0.1, -0.05) is 11.8 Å². The van der Waals surface area contributed by atoms with Crippen LogP contribution in [-0.2, 0) is 14.3 Å². The summed E-state index contributed by atoms with van der Waals surface area (Å²) in [5, 5.41) is 2.70. The molecule has 1 fully saturated rings. The van der Waals surface area contributed by atoms with Crippen LogP contribution in [0.5, 0.6) is 5.75 Å². The van der Waals surface area contributed by atoms with E-state index in [1.807, 2.05) is 13.8 Å². The van der Waals surface area contributed by atoms with Gasteiger partial charge in [0.1, 0.15) is 11.0 Å². The molecule has 1 atom stereocenters. The molecule has 0 bridgehead atoms. The molecule has 0 unspecified atom stereocenters. The summed E-state index contributed by atoms with van der Waals surface area (Å²) in [6, 6.07) is 13.7. The summed E-state index contributed by atoms with van der Waals surface area (Å²) >= 11 is 1.25. The Bertz CT molecular complexity index is 1020. The maximum atomic E-state index is 12.9. The van der Waals surface area contributed by atoms with Gasteiger partial charge >= 0.3 is 5.97 Å². The van der Waals surface area contributed by atoms with E-state index < -0.39 is 11.2 Å². The molecule has 1 heterocycles. The van der Waals surface area contributed by atoms with Gasteiger partial charge < -0.3 is 14.8 Å². The Morgan fingerprint density at radius 1 is 1.06 bits per heavy atom. The van der Waals surface area contributed by atoms with Gasteiger partial charge in [0.2, 0.25) is 11.8 Å². The molecule has 174 valence electrons. The number of amidine groups is 1. The van der Waals surface area contributed by atoms with E-state index in [9.17, 15) is 14.4 Å². The molecule has 3 rings (SSSR count). The number of esters is 1. The third-order valence-corrected chi connectivity index (χ3v) is 5.97. The Kier molecular flexibility index (Phi) is 8.48. The highest BCUT2D eigenvalue weighted by molar-refractivity contribution is 8.15.